The Labute approximate surface area is 162 Å². The van der Waals surface area contributed by atoms with Crippen molar-refractivity contribution in [3.05, 3.63) is 35.9 Å². The van der Waals surface area contributed by atoms with Gasteiger partial charge in [-0.05, 0) is 18.4 Å². The molecule has 2 aliphatic rings. The highest BCUT2D eigenvalue weighted by Gasteiger charge is 2.40. The van der Waals surface area contributed by atoms with Gasteiger partial charge in [0.15, 0.2) is 0 Å². The van der Waals surface area contributed by atoms with Gasteiger partial charge in [0.2, 0.25) is 11.8 Å². The van der Waals surface area contributed by atoms with Gasteiger partial charge in [0.05, 0.1) is 0 Å². The van der Waals surface area contributed by atoms with Crippen molar-refractivity contribution in [1.82, 2.24) is 10.2 Å². The van der Waals surface area contributed by atoms with Gasteiger partial charge in [0.25, 0.3) is 0 Å². The molecule has 2 unspecified atom stereocenters. The number of hydrogen-bond donors (Lipinski definition) is 2. The van der Waals surface area contributed by atoms with Gasteiger partial charge >= 0.3 is 0 Å². The van der Waals surface area contributed by atoms with Gasteiger partial charge in [0, 0.05) is 36.9 Å². The van der Waals surface area contributed by atoms with E-state index in [-0.39, 0.29) is 23.8 Å². The third kappa shape index (κ3) is 4.89. The van der Waals surface area contributed by atoms with Gasteiger partial charge in [-0.1, -0.05) is 63.4 Å². The van der Waals surface area contributed by atoms with Crippen LogP contribution in [-0.2, 0) is 9.59 Å². The molecule has 1 aromatic carbocycles. The van der Waals surface area contributed by atoms with Gasteiger partial charge in [-0.15, -0.1) is 0 Å². The van der Waals surface area contributed by atoms with E-state index in [9.17, 15) is 14.7 Å². The normalized spacial score (nSPS) is 22.7. The summed E-state index contributed by atoms with van der Waals surface area (Å²) >= 11 is 0. The third-order valence-electron chi connectivity index (χ3n) is 6.02. The molecule has 1 aliphatic heterocycles. The summed E-state index contributed by atoms with van der Waals surface area (Å²) in [4.78, 5) is 26.8. The highest BCUT2D eigenvalue weighted by molar-refractivity contribution is 5.82. The number of likely N-dealkylation sites (tertiary alicyclic amines) is 1. The first-order chi connectivity index (χ1) is 12.9. The first-order valence-corrected chi connectivity index (χ1v) is 10.2. The molecule has 5 heteroatoms. The minimum Gasteiger partial charge on any atom is -0.383 e. The number of hydrogen-bond acceptors (Lipinski definition) is 3. The van der Waals surface area contributed by atoms with E-state index in [1.807, 2.05) is 32.0 Å². The summed E-state index contributed by atoms with van der Waals surface area (Å²) in [6.45, 7) is 4.75. The molecule has 0 spiro atoms. The molecule has 0 radical (unpaired) electrons. The largest absolute Gasteiger partial charge is 0.383 e. The number of amides is 2. The zero-order valence-corrected chi connectivity index (χ0v) is 16.5. The molecule has 1 heterocycles. The van der Waals surface area contributed by atoms with Crippen LogP contribution in [0.2, 0.25) is 0 Å². The molecule has 2 fully saturated rings. The van der Waals surface area contributed by atoms with Gasteiger partial charge in [0.1, 0.15) is 6.10 Å². The summed E-state index contributed by atoms with van der Waals surface area (Å²) in [6.07, 6.45) is 4.83. The first-order valence-electron chi connectivity index (χ1n) is 10.2. The molecule has 2 atom stereocenters. The highest BCUT2D eigenvalue weighted by atomic mass is 16.3. The van der Waals surface area contributed by atoms with Crippen LogP contribution in [-0.4, -0.2) is 47.1 Å². The second-order valence-corrected chi connectivity index (χ2v) is 8.82. The second kappa shape index (κ2) is 8.42. The van der Waals surface area contributed by atoms with E-state index in [2.05, 4.69) is 17.4 Å². The number of aliphatic hydroxyl groups excluding tert-OH is 1. The monoisotopic (exact) mass is 372 g/mol. The molecular weight excluding hydrogens is 340 g/mol. The number of benzene rings is 1. The second-order valence-electron chi connectivity index (χ2n) is 8.82. The molecule has 1 aromatic rings. The zero-order chi connectivity index (χ0) is 19.4. The number of aliphatic hydroxyl groups is 1. The number of carbonyl (C=O) groups is 2. The maximum atomic E-state index is 12.5. The standard InChI is InChI=1S/C22H32N2O3/c1-22(2,20(26)21(27)23-18-11-7-4-8-12-18)15-24-14-17(13-19(24)25)16-9-5-3-6-10-16/h3,5-6,9-10,17-18,20,26H,4,7-8,11-15H2,1-2H3,(H,23,27). The quantitative estimate of drug-likeness (QED) is 0.807. The lowest BCUT2D eigenvalue weighted by molar-refractivity contribution is -0.140. The summed E-state index contributed by atoms with van der Waals surface area (Å²) in [5.41, 5.74) is 0.474. The Morgan fingerprint density at radius 2 is 1.89 bits per heavy atom. The molecule has 3 rings (SSSR count). The summed E-state index contributed by atoms with van der Waals surface area (Å²) in [6, 6.07) is 10.2. The van der Waals surface area contributed by atoms with Crippen molar-refractivity contribution in [3.63, 3.8) is 0 Å². The fourth-order valence-corrected chi connectivity index (χ4v) is 4.33. The Morgan fingerprint density at radius 3 is 2.56 bits per heavy atom. The van der Waals surface area contributed by atoms with E-state index in [1.54, 1.807) is 4.90 Å². The SMILES string of the molecule is CC(C)(CN1CC(c2ccccc2)CC1=O)C(O)C(=O)NC1CCCCC1. The van der Waals surface area contributed by atoms with Gasteiger partial charge in [-0.25, -0.2) is 0 Å². The maximum absolute atomic E-state index is 12.5. The summed E-state index contributed by atoms with van der Waals surface area (Å²) in [5, 5.41) is 13.7. The van der Waals surface area contributed by atoms with Gasteiger partial charge in [-0.2, -0.15) is 0 Å². The molecule has 0 aromatic heterocycles. The number of nitrogens with one attached hydrogen (secondary N) is 1. The molecule has 148 valence electrons. The maximum Gasteiger partial charge on any atom is 0.249 e. The average Bonchev–Trinajstić information content (AvgIpc) is 3.02. The number of carbonyl (C=O) groups excluding carboxylic acids is 2. The van der Waals surface area contributed by atoms with E-state index >= 15 is 0 Å². The number of rotatable bonds is 6. The van der Waals surface area contributed by atoms with Crippen molar-refractivity contribution in [2.24, 2.45) is 5.41 Å². The minimum atomic E-state index is -1.12. The molecule has 2 amide bonds. The fraction of sp³-hybridized carbons (Fsp3) is 0.636. The highest BCUT2D eigenvalue weighted by Crippen LogP contribution is 2.32. The van der Waals surface area contributed by atoms with Crippen LogP contribution in [0.25, 0.3) is 0 Å². The van der Waals surface area contributed by atoms with E-state index in [1.165, 1.54) is 12.0 Å². The van der Waals surface area contributed by atoms with Crippen molar-refractivity contribution in [2.45, 2.75) is 70.4 Å². The van der Waals surface area contributed by atoms with E-state index in [0.29, 0.717) is 19.5 Å². The lowest BCUT2D eigenvalue weighted by Gasteiger charge is -2.35. The molecule has 5 nitrogen and oxygen atoms in total. The van der Waals surface area contributed by atoms with Crippen molar-refractivity contribution in [2.75, 3.05) is 13.1 Å². The predicted octanol–water partition coefficient (Wildman–Crippen LogP) is 2.84. The van der Waals surface area contributed by atoms with Crippen LogP contribution in [0.4, 0.5) is 0 Å². The Balaban J connectivity index is 1.57. The van der Waals surface area contributed by atoms with Crippen LogP contribution in [0.5, 0.6) is 0 Å². The van der Waals surface area contributed by atoms with Gasteiger partial charge < -0.3 is 15.3 Å². The molecule has 27 heavy (non-hydrogen) atoms. The summed E-state index contributed by atoms with van der Waals surface area (Å²) < 4.78 is 0. The molecule has 0 bridgehead atoms. The van der Waals surface area contributed by atoms with Crippen LogP contribution < -0.4 is 5.32 Å². The topological polar surface area (TPSA) is 69.6 Å². The lowest BCUT2D eigenvalue weighted by atomic mass is 9.84. The molecular formula is C22H32N2O3. The van der Waals surface area contributed by atoms with Crippen LogP contribution in [0, 0.1) is 5.41 Å². The molecule has 1 aliphatic carbocycles. The Kier molecular flexibility index (Phi) is 6.20. The minimum absolute atomic E-state index is 0.0943. The Bertz CT molecular complexity index is 653. The smallest absolute Gasteiger partial charge is 0.249 e. The first kappa shape index (κ1) is 19.9. The van der Waals surface area contributed by atoms with E-state index in [0.717, 1.165) is 25.7 Å². The molecule has 1 saturated carbocycles. The van der Waals surface area contributed by atoms with Crippen molar-refractivity contribution in [1.29, 1.82) is 0 Å². The van der Waals surface area contributed by atoms with Crippen LogP contribution >= 0.6 is 0 Å². The molecule has 1 saturated heterocycles. The lowest BCUT2D eigenvalue weighted by Crippen LogP contribution is -2.51. The average molecular weight is 373 g/mol. The zero-order valence-electron chi connectivity index (χ0n) is 16.5. The van der Waals surface area contributed by atoms with Crippen molar-refractivity contribution >= 4 is 11.8 Å². The van der Waals surface area contributed by atoms with E-state index in [4.69, 9.17) is 0 Å². The fourth-order valence-electron chi connectivity index (χ4n) is 4.33. The Morgan fingerprint density at radius 1 is 1.22 bits per heavy atom. The molecule has 2 N–H and O–H groups in total. The van der Waals surface area contributed by atoms with Gasteiger partial charge in [-0.3, -0.25) is 9.59 Å². The van der Waals surface area contributed by atoms with Crippen LogP contribution in [0.15, 0.2) is 30.3 Å². The Hall–Kier alpha value is -1.88. The van der Waals surface area contributed by atoms with Crippen molar-refractivity contribution in [3.8, 4) is 0 Å². The predicted molar refractivity (Wildman–Crippen MR) is 105 cm³/mol. The summed E-state index contributed by atoms with van der Waals surface area (Å²) in [5.74, 6) is -0.0299. The van der Waals surface area contributed by atoms with E-state index < -0.39 is 11.5 Å². The summed E-state index contributed by atoms with van der Waals surface area (Å²) in [7, 11) is 0. The van der Waals surface area contributed by atoms with Crippen molar-refractivity contribution < 1.29 is 14.7 Å². The number of nitrogens with zero attached hydrogens (tertiary/aromatic N) is 1. The van der Waals surface area contributed by atoms with Crippen LogP contribution in [0.3, 0.4) is 0 Å². The van der Waals surface area contributed by atoms with Crippen LogP contribution in [0.1, 0.15) is 63.9 Å². The third-order valence-corrected chi connectivity index (χ3v) is 6.02.